The second-order valence-electron chi connectivity index (χ2n) is 18.0. The predicted octanol–water partition coefficient (Wildman–Crippen LogP) is 16.4. The number of unbranched alkanes of at least 4 members (excludes halogenated alkanes) is 45. The molecule has 0 aliphatic heterocycles. The van der Waals surface area contributed by atoms with Crippen LogP contribution in [0.3, 0.4) is 0 Å². The molecule has 0 rings (SSSR count). The molecule has 0 fully saturated rings. The van der Waals surface area contributed by atoms with Crippen molar-refractivity contribution in [3.8, 4) is 0 Å². The second kappa shape index (κ2) is 69.1. The van der Waals surface area contributed by atoms with Gasteiger partial charge in [0.05, 0.1) is 0 Å². The minimum absolute atomic E-state index is 0. The minimum Gasteiger partial charge on any atom is -0.854 e. The van der Waals surface area contributed by atoms with E-state index in [2.05, 4.69) is 20.8 Å². The Bertz CT molecular complexity index is 474. The summed E-state index contributed by atoms with van der Waals surface area (Å²) in [5.41, 5.74) is 0. The summed E-state index contributed by atoms with van der Waals surface area (Å²) >= 11 is 0. The third-order valence-electron chi connectivity index (χ3n) is 12.0. The third kappa shape index (κ3) is 73.9. The molecule has 0 aromatic rings. The van der Waals surface area contributed by atoms with Gasteiger partial charge >= 0.3 is 17.4 Å². The van der Waals surface area contributed by atoms with Crippen LogP contribution < -0.4 is 15.3 Å². The van der Waals surface area contributed by atoms with Crippen molar-refractivity contribution in [3.05, 3.63) is 0 Å². The van der Waals surface area contributed by atoms with Gasteiger partial charge < -0.3 is 15.3 Å². The quantitative estimate of drug-likeness (QED) is 0.0453. The molecule has 0 aliphatic rings. The van der Waals surface area contributed by atoms with Crippen molar-refractivity contribution in [1.82, 2.24) is 0 Å². The smallest absolute Gasteiger partial charge is 0.854 e. The predicted molar refractivity (Wildman–Crippen MR) is 259 cm³/mol. The zero-order valence-corrected chi connectivity index (χ0v) is 42.0. The van der Waals surface area contributed by atoms with E-state index in [9.17, 15) is 15.3 Å². The van der Waals surface area contributed by atoms with Crippen LogP contribution >= 0.6 is 0 Å². The number of hydrogen-bond donors (Lipinski definition) is 0. The average molecular weight is 835 g/mol. The summed E-state index contributed by atoms with van der Waals surface area (Å²) in [7, 11) is 0. The van der Waals surface area contributed by atoms with Crippen LogP contribution in [0.15, 0.2) is 0 Å². The maximum atomic E-state index is 10.3. The van der Waals surface area contributed by atoms with Crippen LogP contribution in [0.1, 0.15) is 329 Å². The van der Waals surface area contributed by atoms with Crippen LogP contribution in [0.25, 0.3) is 0 Å². The van der Waals surface area contributed by atoms with E-state index >= 15 is 0 Å². The van der Waals surface area contributed by atoms with Gasteiger partial charge in [-0.2, -0.15) is 0 Å². The van der Waals surface area contributed by atoms with E-state index in [-0.39, 0.29) is 37.2 Å². The van der Waals surface area contributed by atoms with E-state index in [1.54, 1.807) is 0 Å². The summed E-state index contributed by atoms with van der Waals surface area (Å²) in [4.78, 5) is 0. The van der Waals surface area contributed by atoms with E-state index in [1.165, 1.54) is 270 Å². The molecule has 348 valence electrons. The largest absolute Gasteiger partial charge is 3.00 e. The Balaban J connectivity index is -0.000000374. The number of rotatable bonds is 48. The summed E-state index contributed by atoms with van der Waals surface area (Å²) in [5, 5.41) is 30.8. The second-order valence-corrected chi connectivity index (χ2v) is 18.0. The maximum absolute atomic E-state index is 10.3. The van der Waals surface area contributed by atoms with Gasteiger partial charge in [0.15, 0.2) is 0 Å². The zero-order valence-electron chi connectivity index (χ0n) is 40.9. The van der Waals surface area contributed by atoms with Crippen molar-refractivity contribution in [3.63, 3.8) is 0 Å². The van der Waals surface area contributed by atoms with Crippen molar-refractivity contribution in [2.24, 2.45) is 0 Å². The summed E-state index contributed by atoms with van der Waals surface area (Å²) in [6.07, 6.45) is 65.5. The molecule has 0 atom stereocenters. The Morgan fingerprint density at radius 3 is 0.328 bits per heavy atom. The Kier molecular flexibility index (Phi) is 77.5. The molecule has 58 heavy (non-hydrogen) atoms. The van der Waals surface area contributed by atoms with Crippen LogP contribution in [-0.4, -0.2) is 37.2 Å². The first-order valence-electron chi connectivity index (χ1n) is 27.0. The summed E-state index contributed by atoms with van der Waals surface area (Å²) in [5.74, 6) is 0. The van der Waals surface area contributed by atoms with Crippen molar-refractivity contribution >= 4 is 17.4 Å². The topological polar surface area (TPSA) is 69.2 Å². The molecule has 4 heteroatoms. The normalized spacial score (nSPS) is 10.9. The van der Waals surface area contributed by atoms with E-state index in [4.69, 9.17) is 0 Å². The van der Waals surface area contributed by atoms with Crippen LogP contribution in [0.5, 0.6) is 0 Å². The summed E-state index contributed by atoms with van der Waals surface area (Å²) in [6, 6.07) is 0. The van der Waals surface area contributed by atoms with Crippen molar-refractivity contribution in [2.75, 3.05) is 19.8 Å². The molecule has 0 aliphatic carbocycles. The molecular weight excluding hydrogens is 724 g/mol. The van der Waals surface area contributed by atoms with E-state index in [0.29, 0.717) is 0 Å². The van der Waals surface area contributed by atoms with Gasteiger partial charge in [-0.05, 0) is 0 Å². The Labute approximate surface area is 379 Å². The van der Waals surface area contributed by atoms with E-state index in [1.807, 2.05) is 0 Å². The molecule has 0 aromatic heterocycles. The molecule has 0 bridgehead atoms. The Hall–Kier alpha value is 0.412. The third-order valence-corrected chi connectivity index (χ3v) is 12.0. The van der Waals surface area contributed by atoms with Gasteiger partial charge in [-0.1, -0.05) is 329 Å². The minimum atomic E-state index is 0. The summed E-state index contributed by atoms with van der Waals surface area (Å²) in [6.45, 7) is 7.22. The molecule has 0 heterocycles. The van der Waals surface area contributed by atoms with Crippen LogP contribution in [0.4, 0.5) is 0 Å². The molecule has 0 spiro atoms. The van der Waals surface area contributed by atoms with Crippen molar-refractivity contribution in [2.45, 2.75) is 329 Å². The molecule has 0 saturated heterocycles. The molecule has 0 unspecified atom stereocenters. The first-order valence-corrected chi connectivity index (χ1v) is 27.0. The summed E-state index contributed by atoms with van der Waals surface area (Å²) < 4.78 is 0. The molecule has 0 N–H and O–H groups in total. The van der Waals surface area contributed by atoms with Crippen molar-refractivity contribution in [1.29, 1.82) is 0 Å². The first-order chi connectivity index (χ1) is 28.2. The number of hydrogen-bond acceptors (Lipinski definition) is 3. The van der Waals surface area contributed by atoms with Crippen LogP contribution in [-0.2, 0) is 0 Å². The molecule has 3 nitrogen and oxygen atoms in total. The SMILES string of the molecule is CCCCCCCCCCCCCCCCCC[O-].CCCCCCCCCCCCCCCCCC[O-].CCCCCCCCCCCCCCCCCC[O-].[Al+3]. The standard InChI is InChI=1S/3C18H37O.Al/c3*1-2-3-4-5-6-7-8-9-10-11-12-13-14-15-16-17-18-19;/h3*2-18H2,1H3;/q3*-1;+3. The molecular formula is C54H111AlO3. The van der Waals surface area contributed by atoms with Crippen molar-refractivity contribution < 1.29 is 15.3 Å². The molecule has 0 aromatic carbocycles. The van der Waals surface area contributed by atoms with Gasteiger partial charge in [0, 0.05) is 0 Å². The molecule has 0 radical (unpaired) electrons. The van der Waals surface area contributed by atoms with E-state index in [0.717, 1.165) is 38.5 Å². The van der Waals surface area contributed by atoms with Gasteiger partial charge in [-0.25, -0.2) is 0 Å². The maximum Gasteiger partial charge on any atom is 3.00 e. The van der Waals surface area contributed by atoms with Gasteiger partial charge in [0.25, 0.3) is 0 Å². The van der Waals surface area contributed by atoms with Gasteiger partial charge in [-0.15, -0.1) is 19.8 Å². The first kappa shape index (κ1) is 65.0. The molecule has 0 saturated carbocycles. The fourth-order valence-corrected chi connectivity index (χ4v) is 7.95. The fourth-order valence-electron chi connectivity index (χ4n) is 7.95. The average Bonchev–Trinajstić information content (AvgIpc) is 3.23. The van der Waals surface area contributed by atoms with Crippen LogP contribution in [0.2, 0.25) is 0 Å². The van der Waals surface area contributed by atoms with Gasteiger partial charge in [0.1, 0.15) is 0 Å². The Morgan fingerprint density at radius 2 is 0.241 bits per heavy atom. The Morgan fingerprint density at radius 1 is 0.155 bits per heavy atom. The van der Waals surface area contributed by atoms with E-state index < -0.39 is 0 Å². The zero-order chi connectivity index (χ0) is 42.1. The monoisotopic (exact) mass is 835 g/mol. The molecule has 0 amide bonds. The fraction of sp³-hybridized carbons (Fsp3) is 1.00. The van der Waals surface area contributed by atoms with Crippen LogP contribution in [0, 0.1) is 0 Å². The van der Waals surface area contributed by atoms with Gasteiger partial charge in [-0.3, -0.25) is 0 Å². The van der Waals surface area contributed by atoms with Gasteiger partial charge in [0.2, 0.25) is 0 Å².